The van der Waals surface area contributed by atoms with Crippen molar-refractivity contribution in [3.63, 3.8) is 0 Å². The van der Waals surface area contributed by atoms with Crippen LogP contribution >= 0.6 is 0 Å². The first-order chi connectivity index (χ1) is 15.8. The predicted octanol–water partition coefficient (Wildman–Crippen LogP) is 5.15. The fourth-order valence-electron chi connectivity index (χ4n) is 4.03. The van der Waals surface area contributed by atoms with Gasteiger partial charge in [-0.05, 0) is 22.3 Å². The highest BCUT2D eigenvalue weighted by Gasteiger charge is 2.37. The Morgan fingerprint density at radius 1 is 0.625 bits per heavy atom. The quantitative estimate of drug-likeness (QED) is 0.347. The van der Waals surface area contributed by atoms with Crippen LogP contribution in [0.25, 0.3) is 0 Å². The van der Waals surface area contributed by atoms with E-state index in [9.17, 15) is 5.11 Å². The van der Waals surface area contributed by atoms with Crippen LogP contribution in [0.2, 0.25) is 0 Å². The van der Waals surface area contributed by atoms with Gasteiger partial charge in [0.15, 0.2) is 0 Å². The first kappa shape index (κ1) is 22.0. The van der Waals surface area contributed by atoms with Crippen LogP contribution in [0.15, 0.2) is 121 Å². The lowest BCUT2D eigenvalue weighted by atomic mass is 9.80. The molecule has 4 aromatic carbocycles. The third-order valence-corrected chi connectivity index (χ3v) is 5.59. The Bertz CT molecular complexity index is 957. The molecule has 0 amide bonds. The molecule has 0 aromatic heterocycles. The Morgan fingerprint density at radius 3 is 1.47 bits per heavy atom. The summed E-state index contributed by atoms with van der Waals surface area (Å²) >= 11 is 0. The van der Waals surface area contributed by atoms with Crippen LogP contribution in [-0.4, -0.2) is 24.4 Å². The number of benzene rings is 4. The molecule has 0 spiro atoms. The lowest BCUT2D eigenvalue weighted by Gasteiger charge is -2.36. The van der Waals surface area contributed by atoms with Gasteiger partial charge in [0, 0.05) is 13.1 Å². The molecule has 0 saturated heterocycles. The fourth-order valence-corrected chi connectivity index (χ4v) is 4.03. The fraction of sp³-hybridized carbons (Fsp3) is 0.172. The van der Waals surface area contributed by atoms with Gasteiger partial charge < -0.3 is 15.2 Å². The molecule has 0 bridgehead atoms. The Kier molecular flexibility index (Phi) is 7.47. The third-order valence-electron chi connectivity index (χ3n) is 5.59. The summed E-state index contributed by atoms with van der Waals surface area (Å²) in [4.78, 5) is 0. The number of nitrogens with one attached hydrogen (secondary N) is 1. The van der Waals surface area contributed by atoms with E-state index in [1.54, 1.807) is 0 Å². The molecular weight excluding hydrogens is 394 g/mol. The van der Waals surface area contributed by atoms with E-state index < -0.39 is 11.7 Å². The number of aliphatic hydroxyl groups is 1. The van der Waals surface area contributed by atoms with E-state index in [4.69, 9.17) is 4.74 Å². The SMILES string of the molecule is OC(CNCc1ccccc1)COC(c1ccccc1)(c1ccccc1)c1ccccc1. The van der Waals surface area contributed by atoms with Gasteiger partial charge in [-0.3, -0.25) is 0 Å². The third kappa shape index (κ3) is 5.14. The Morgan fingerprint density at radius 2 is 1.03 bits per heavy atom. The zero-order chi connectivity index (χ0) is 22.1. The second kappa shape index (κ2) is 10.9. The molecule has 3 heteroatoms. The van der Waals surface area contributed by atoms with E-state index in [1.165, 1.54) is 5.56 Å². The van der Waals surface area contributed by atoms with E-state index >= 15 is 0 Å². The smallest absolute Gasteiger partial charge is 0.143 e. The van der Waals surface area contributed by atoms with Gasteiger partial charge in [-0.2, -0.15) is 0 Å². The lowest BCUT2D eigenvalue weighted by molar-refractivity contribution is -0.0372. The average molecular weight is 424 g/mol. The molecule has 0 aliphatic rings. The van der Waals surface area contributed by atoms with E-state index in [0.29, 0.717) is 13.1 Å². The first-order valence-electron chi connectivity index (χ1n) is 11.0. The Balaban J connectivity index is 1.58. The lowest BCUT2D eigenvalue weighted by Crippen LogP contribution is -2.38. The minimum absolute atomic E-state index is 0.195. The largest absolute Gasteiger partial charge is 0.389 e. The number of rotatable bonds is 10. The number of hydrogen-bond acceptors (Lipinski definition) is 3. The molecule has 1 atom stereocenters. The molecule has 4 aromatic rings. The monoisotopic (exact) mass is 423 g/mol. The maximum absolute atomic E-state index is 10.7. The molecule has 162 valence electrons. The van der Waals surface area contributed by atoms with Gasteiger partial charge in [-0.1, -0.05) is 121 Å². The van der Waals surface area contributed by atoms with Gasteiger partial charge in [-0.25, -0.2) is 0 Å². The predicted molar refractivity (Wildman–Crippen MR) is 129 cm³/mol. The average Bonchev–Trinajstić information content (AvgIpc) is 2.87. The molecule has 0 radical (unpaired) electrons. The molecule has 0 aliphatic heterocycles. The van der Waals surface area contributed by atoms with Crippen molar-refractivity contribution in [3.8, 4) is 0 Å². The summed E-state index contributed by atoms with van der Waals surface area (Å²) in [5.41, 5.74) is 3.46. The van der Waals surface area contributed by atoms with Crippen LogP contribution in [0, 0.1) is 0 Å². The summed E-state index contributed by atoms with van der Waals surface area (Å²) in [6.45, 7) is 1.35. The summed E-state index contributed by atoms with van der Waals surface area (Å²) in [6, 6.07) is 40.8. The summed E-state index contributed by atoms with van der Waals surface area (Å²) in [5.74, 6) is 0. The maximum atomic E-state index is 10.7. The van der Waals surface area contributed by atoms with Crippen molar-refractivity contribution in [1.82, 2.24) is 5.32 Å². The Labute approximate surface area is 190 Å². The molecule has 1 unspecified atom stereocenters. The van der Waals surface area contributed by atoms with Gasteiger partial charge in [0.1, 0.15) is 5.60 Å². The van der Waals surface area contributed by atoms with Crippen molar-refractivity contribution < 1.29 is 9.84 Å². The van der Waals surface area contributed by atoms with Crippen molar-refractivity contribution in [2.24, 2.45) is 0 Å². The van der Waals surface area contributed by atoms with Crippen molar-refractivity contribution in [2.75, 3.05) is 13.2 Å². The molecule has 3 nitrogen and oxygen atoms in total. The molecule has 2 N–H and O–H groups in total. The zero-order valence-electron chi connectivity index (χ0n) is 18.1. The number of aliphatic hydroxyl groups excluding tert-OH is 1. The molecule has 0 saturated carbocycles. The highest BCUT2D eigenvalue weighted by Crippen LogP contribution is 2.40. The molecular formula is C29H29NO2. The van der Waals surface area contributed by atoms with Crippen LogP contribution < -0.4 is 5.32 Å². The van der Waals surface area contributed by atoms with Gasteiger partial charge in [-0.15, -0.1) is 0 Å². The summed E-state index contributed by atoms with van der Waals surface area (Å²) in [5, 5.41) is 14.1. The standard InChI is InChI=1S/C29H29NO2/c31-28(22-30-21-24-13-5-1-6-14-24)23-32-29(25-15-7-2-8-16-25,26-17-9-3-10-18-26)27-19-11-4-12-20-27/h1-20,28,30-31H,21-23H2. The Hall–Kier alpha value is -3.24. The molecule has 0 aliphatic carbocycles. The van der Waals surface area contributed by atoms with Crippen LogP contribution in [0.3, 0.4) is 0 Å². The number of hydrogen-bond donors (Lipinski definition) is 2. The molecule has 32 heavy (non-hydrogen) atoms. The second-order valence-corrected chi connectivity index (χ2v) is 7.86. The van der Waals surface area contributed by atoms with E-state index in [0.717, 1.165) is 16.7 Å². The minimum atomic E-state index is -0.815. The van der Waals surface area contributed by atoms with E-state index in [-0.39, 0.29) is 6.61 Å². The van der Waals surface area contributed by atoms with Crippen molar-refractivity contribution in [2.45, 2.75) is 18.2 Å². The summed E-state index contributed by atoms with van der Waals surface area (Å²) < 4.78 is 6.66. The molecule has 0 heterocycles. The summed E-state index contributed by atoms with van der Waals surface area (Å²) in [6.07, 6.45) is -0.644. The van der Waals surface area contributed by atoms with Crippen molar-refractivity contribution >= 4 is 0 Å². The summed E-state index contributed by atoms with van der Waals surface area (Å²) in [7, 11) is 0. The van der Waals surface area contributed by atoms with Crippen LogP contribution in [-0.2, 0) is 16.9 Å². The van der Waals surface area contributed by atoms with Gasteiger partial charge in [0.2, 0.25) is 0 Å². The number of ether oxygens (including phenoxy) is 1. The normalized spacial score (nSPS) is 12.4. The molecule has 4 rings (SSSR count). The van der Waals surface area contributed by atoms with E-state index in [2.05, 4.69) is 53.8 Å². The van der Waals surface area contributed by atoms with Crippen molar-refractivity contribution in [1.29, 1.82) is 0 Å². The highest BCUT2D eigenvalue weighted by atomic mass is 16.5. The van der Waals surface area contributed by atoms with E-state index in [1.807, 2.05) is 72.8 Å². The second-order valence-electron chi connectivity index (χ2n) is 7.86. The van der Waals surface area contributed by atoms with Crippen LogP contribution in [0.4, 0.5) is 0 Å². The zero-order valence-corrected chi connectivity index (χ0v) is 18.1. The highest BCUT2D eigenvalue weighted by molar-refractivity contribution is 5.47. The van der Waals surface area contributed by atoms with Crippen LogP contribution in [0.5, 0.6) is 0 Å². The van der Waals surface area contributed by atoms with Gasteiger partial charge >= 0.3 is 0 Å². The van der Waals surface area contributed by atoms with Crippen LogP contribution in [0.1, 0.15) is 22.3 Å². The van der Waals surface area contributed by atoms with Crippen molar-refractivity contribution in [3.05, 3.63) is 144 Å². The first-order valence-corrected chi connectivity index (χ1v) is 11.0. The molecule has 0 fully saturated rings. The minimum Gasteiger partial charge on any atom is -0.389 e. The topological polar surface area (TPSA) is 41.5 Å². The van der Waals surface area contributed by atoms with Gasteiger partial charge in [0.05, 0.1) is 12.7 Å². The van der Waals surface area contributed by atoms with Gasteiger partial charge in [0.25, 0.3) is 0 Å². The maximum Gasteiger partial charge on any atom is 0.143 e.